The van der Waals surface area contributed by atoms with Crippen LogP contribution in [0.15, 0.2) is 42.7 Å². The number of unbranched alkanes of at least 4 members (excludes halogenated alkanes) is 1. The van der Waals surface area contributed by atoms with Crippen molar-refractivity contribution >= 4 is 22.6 Å². The molecule has 3 aromatic rings. The van der Waals surface area contributed by atoms with E-state index in [1.165, 1.54) is 11.3 Å². The highest BCUT2D eigenvalue weighted by atomic mass is 16.5. The van der Waals surface area contributed by atoms with Crippen LogP contribution in [-0.2, 0) is 6.42 Å². The zero-order valence-corrected chi connectivity index (χ0v) is 18.5. The maximum atomic E-state index is 12.5. The second-order valence-corrected chi connectivity index (χ2v) is 8.61. The summed E-state index contributed by atoms with van der Waals surface area (Å²) in [5.74, 6) is 1.07. The van der Waals surface area contributed by atoms with Crippen LogP contribution in [0.2, 0.25) is 0 Å². The highest BCUT2D eigenvalue weighted by molar-refractivity contribution is 6.05. The lowest BCUT2D eigenvalue weighted by Gasteiger charge is -2.37. The molecule has 7 nitrogen and oxygen atoms in total. The molecule has 2 aromatic heterocycles. The first-order chi connectivity index (χ1) is 15.8. The van der Waals surface area contributed by atoms with Gasteiger partial charge in [-0.15, -0.1) is 0 Å². The van der Waals surface area contributed by atoms with Crippen LogP contribution in [0.3, 0.4) is 0 Å². The largest absolute Gasteiger partial charge is 0.491 e. The number of pyridine rings is 1. The van der Waals surface area contributed by atoms with Gasteiger partial charge in [0, 0.05) is 50.5 Å². The fourth-order valence-electron chi connectivity index (χ4n) is 4.73. The Morgan fingerprint density at radius 2 is 2.03 bits per heavy atom. The standard InChI is InChI=1S/C25H31N5O2/c31-25(21-18-28-24-20(21)8-4-11-26-24)27-10-1-2-12-29-13-15-30(16-14-29)22-9-3-6-19-7-5-17-32-23(19)22/h3-4,6,8-9,11,18H,1-2,5,7,10,12-17H2,(H,26,28)(H,27,31). The van der Waals surface area contributed by atoms with Crippen molar-refractivity contribution in [1.29, 1.82) is 0 Å². The molecule has 0 bridgehead atoms. The van der Waals surface area contributed by atoms with Crippen LogP contribution in [-0.4, -0.2) is 66.7 Å². The molecule has 2 aliphatic heterocycles. The number of aromatic amines is 1. The van der Waals surface area contributed by atoms with Gasteiger partial charge in [-0.1, -0.05) is 12.1 Å². The fourth-order valence-corrected chi connectivity index (χ4v) is 4.73. The predicted octanol–water partition coefficient (Wildman–Crippen LogP) is 3.22. The van der Waals surface area contributed by atoms with Crippen molar-refractivity contribution in [1.82, 2.24) is 20.2 Å². The number of aryl methyl sites for hydroxylation is 1. The second-order valence-electron chi connectivity index (χ2n) is 8.61. The number of H-pyrrole nitrogens is 1. The molecule has 1 aromatic carbocycles. The van der Waals surface area contributed by atoms with Crippen LogP contribution in [0.1, 0.15) is 35.2 Å². The molecule has 5 rings (SSSR count). The number of rotatable bonds is 7. The first-order valence-corrected chi connectivity index (χ1v) is 11.7. The van der Waals surface area contributed by atoms with Gasteiger partial charge in [0.25, 0.3) is 5.91 Å². The smallest absolute Gasteiger partial charge is 0.253 e. The summed E-state index contributed by atoms with van der Waals surface area (Å²) in [6.45, 7) is 6.80. The topological polar surface area (TPSA) is 73.5 Å². The Morgan fingerprint density at radius 1 is 1.12 bits per heavy atom. The van der Waals surface area contributed by atoms with Crippen molar-refractivity contribution in [2.75, 3.05) is 50.8 Å². The number of fused-ring (bicyclic) bond motifs is 2. The Kier molecular flexibility index (Phi) is 6.25. The molecular weight excluding hydrogens is 402 g/mol. The Morgan fingerprint density at radius 3 is 2.94 bits per heavy atom. The number of benzene rings is 1. The minimum Gasteiger partial charge on any atom is -0.491 e. The lowest BCUT2D eigenvalue weighted by Crippen LogP contribution is -2.46. The molecule has 0 aliphatic carbocycles. The van der Waals surface area contributed by atoms with Gasteiger partial charge in [-0.2, -0.15) is 0 Å². The molecule has 168 valence electrons. The van der Waals surface area contributed by atoms with Crippen molar-refractivity contribution in [3.8, 4) is 5.75 Å². The van der Waals surface area contributed by atoms with E-state index in [0.717, 1.165) is 81.8 Å². The van der Waals surface area contributed by atoms with E-state index in [-0.39, 0.29) is 5.91 Å². The molecule has 2 aliphatic rings. The summed E-state index contributed by atoms with van der Waals surface area (Å²) in [7, 11) is 0. The van der Waals surface area contributed by atoms with E-state index in [9.17, 15) is 4.79 Å². The number of anilines is 1. The zero-order chi connectivity index (χ0) is 21.8. The fraction of sp³-hybridized carbons (Fsp3) is 0.440. The van der Waals surface area contributed by atoms with Gasteiger partial charge in [0.15, 0.2) is 0 Å². The summed E-state index contributed by atoms with van der Waals surface area (Å²) in [4.78, 5) is 24.8. The molecule has 7 heteroatoms. The van der Waals surface area contributed by atoms with Gasteiger partial charge in [0.1, 0.15) is 11.4 Å². The quantitative estimate of drug-likeness (QED) is 0.560. The lowest BCUT2D eigenvalue weighted by atomic mass is 10.0. The molecule has 1 amide bonds. The highest BCUT2D eigenvalue weighted by Crippen LogP contribution is 2.35. The van der Waals surface area contributed by atoms with E-state index < -0.39 is 0 Å². The van der Waals surface area contributed by atoms with Crippen molar-refractivity contribution in [3.63, 3.8) is 0 Å². The van der Waals surface area contributed by atoms with Crippen LogP contribution >= 0.6 is 0 Å². The van der Waals surface area contributed by atoms with Crippen molar-refractivity contribution in [3.05, 3.63) is 53.9 Å². The first kappa shape index (κ1) is 20.8. The maximum absolute atomic E-state index is 12.5. The summed E-state index contributed by atoms with van der Waals surface area (Å²) in [6, 6.07) is 10.3. The molecule has 32 heavy (non-hydrogen) atoms. The number of para-hydroxylation sites is 1. The summed E-state index contributed by atoms with van der Waals surface area (Å²) in [6.07, 6.45) is 7.76. The molecule has 1 saturated heterocycles. The number of aromatic nitrogens is 2. The second kappa shape index (κ2) is 9.61. The summed E-state index contributed by atoms with van der Waals surface area (Å²) < 4.78 is 6.00. The number of piperazine rings is 1. The van der Waals surface area contributed by atoms with Gasteiger partial charge >= 0.3 is 0 Å². The molecule has 2 N–H and O–H groups in total. The minimum absolute atomic E-state index is 0.0359. The number of carbonyl (C=O) groups excluding carboxylic acids is 1. The van der Waals surface area contributed by atoms with Gasteiger partial charge in [-0.05, 0) is 56.0 Å². The average Bonchev–Trinajstić information content (AvgIpc) is 3.28. The first-order valence-electron chi connectivity index (χ1n) is 11.7. The number of nitrogens with zero attached hydrogens (tertiary/aromatic N) is 3. The molecule has 0 spiro atoms. The Labute approximate surface area is 188 Å². The van der Waals surface area contributed by atoms with E-state index in [4.69, 9.17) is 4.74 Å². The number of carbonyl (C=O) groups is 1. The summed E-state index contributed by atoms with van der Waals surface area (Å²) in [5, 5.41) is 3.91. The SMILES string of the molecule is O=C(NCCCCN1CCN(c2cccc3c2OCCC3)CC1)c1c[nH]c2ncccc12. The summed E-state index contributed by atoms with van der Waals surface area (Å²) >= 11 is 0. The highest BCUT2D eigenvalue weighted by Gasteiger charge is 2.22. The molecular formula is C25H31N5O2. The number of hydrogen-bond acceptors (Lipinski definition) is 5. The molecule has 1 fully saturated rings. The number of amides is 1. The van der Waals surface area contributed by atoms with Gasteiger partial charge in [-0.3, -0.25) is 9.69 Å². The third-order valence-electron chi connectivity index (χ3n) is 6.51. The minimum atomic E-state index is -0.0359. The average molecular weight is 434 g/mol. The number of nitrogens with one attached hydrogen (secondary N) is 2. The molecule has 4 heterocycles. The normalized spacial score (nSPS) is 16.6. The maximum Gasteiger partial charge on any atom is 0.253 e. The van der Waals surface area contributed by atoms with Crippen molar-refractivity contribution in [2.45, 2.75) is 25.7 Å². The van der Waals surface area contributed by atoms with E-state index in [2.05, 4.69) is 43.3 Å². The molecule has 0 unspecified atom stereocenters. The monoisotopic (exact) mass is 433 g/mol. The van der Waals surface area contributed by atoms with E-state index in [1.807, 2.05) is 12.1 Å². The zero-order valence-electron chi connectivity index (χ0n) is 18.5. The lowest BCUT2D eigenvalue weighted by molar-refractivity contribution is 0.0954. The third-order valence-corrected chi connectivity index (χ3v) is 6.51. The molecule has 0 saturated carbocycles. The van der Waals surface area contributed by atoms with Gasteiger partial charge in [0.05, 0.1) is 17.9 Å². The van der Waals surface area contributed by atoms with Gasteiger partial charge in [-0.25, -0.2) is 4.98 Å². The number of hydrogen-bond donors (Lipinski definition) is 2. The van der Waals surface area contributed by atoms with Crippen molar-refractivity contribution < 1.29 is 9.53 Å². The number of ether oxygens (including phenoxy) is 1. The van der Waals surface area contributed by atoms with Crippen LogP contribution in [0.4, 0.5) is 5.69 Å². The Balaban J connectivity index is 1.03. The van der Waals surface area contributed by atoms with Crippen molar-refractivity contribution in [2.24, 2.45) is 0 Å². The Bertz CT molecular complexity index is 1070. The van der Waals surface area contributed by atoms with E-state index in [0.29, 0.717) is 12.1 Å². The van der Waals surface area contributed by atoms with Crippen LogP contribution < -0.4 is 15.0 Å². The third kappa shape index (κ3) is 4.43. The van der Waals surface area contributed by atoms with E-state index in [1.54, 1.807) is 12.4 Å². The van der Waals surface area contributed by atoms with Gasteiger partial charge < -0.3 is 19.9 Å². The summed E-state index contributed by atoms with van der Waals surface area (Å²) in [5.41, 5.74) is 4.02. The van der Waals surface area contributed by atoms with Crippen LogP contribution in [0.5, 0.6) is 5.75 Å². The van der Waals surface area contributed by atoms with Crippen LogP contribution in [0.25, 0.3) is 11.0 Å². The van der Waals surface area contributed by atoms with Crippen LogP contribution in [0, 0.1) is 0 Å². The molecule has 0 radical (unpaired) electrons. The molecule has 0 atom stereocenters. The predicted molar refractivity (Wildman–Crippen MR) is 127 cm³/mol. The van der Waals surface area contributed by atoms with E-state index >= 15 is 0 Å². The Hall–Kier alpha value is -3.06. The van der Waals surface area contributed by atoms with Gasteiger partial charge in [0.2, 0.25) is 0 Å².